The zero-order chi connectivity index (χ0) is 16.5. The van der Waals surface area contributed by atoms with Gasteiger partial charge in [-0.3, -0.25) is 4.99 Å². The summed E-state index contributed by atoms with van der Waals surface area (Å²) in [5, 5.41) is 7.14. The van der Waals surface area contributed by atoms with E-state index < -0.39 is 0 Å². The quantitative estimate of drug-likeness (QED) is 0.574. The Balaban J connectivity index is 1.93. The van der Waals surface area contributed by atoms with E-state index in [1.807, 2.05) is 11.8 Å². The van der Waals surface area contributed by atoms with Gasteiger partial charge in [0.05, 0.1) is 6.54 Å². The van der Waals surface area contributed by atoms with Crippen LogP contribution in [0.1, 0.15) is 58.8 Å². The fourth-order valence-corrected chi connectivity index (χ4v) is 4.47. The fourth-order valence-electron chi connectivity index (χ4n) is 3.70. The van der Waals surface area contributed by atoms with Crippen LogP contribution in [-0.2, 0) is 4.74 Å². The summed E-state index contributed by atoms with van der Waals surface area (Å²) in [6.07, 6.45) is 11.1. The molecule has 2 rings (SSSR count). The van der Waals surface area contributed by atoms with Crippen molar-refractivity contribution in [2.45, 2.75) is 69.6 Å². The largest absolute Gasteiger partial charge is 0.381 e. The average Bonchev–Trinajstić information content (AvgIpc) is 2.61. The molecule has 134 valence electrons. The van der Waals surface area contributed by atoms with Crippen molar-refractivity contribution >= 4 is 17.7 Å². The molecular weight excluding hydrogens is 306 g/mol. The van der Waals surface area contributed by atoms with Crippen LogP contribution < -0.4 is 10.6 Å². The molecule has 1 heterocycles. The number of aliphatic imine (C=N–C) groups is 1. The molecule has 2 fully saturated rings. The maximum atomic E-state index is 5.53. The van der Waals surface area contributed by atoms with Crippen molar-refractivity contribution in [1.29, 1.82) is 0 Å². The smallest absolute Gasteiger partial charge is 0.191 e. The highest BCUT2D eigenvalue weighted by molar-refractivity contribution is 8.00. The van der Waals surface area contributed by atoms with Crippen LogP contribution in [-0.4, -0.2) is 49.3 Å². The number of rotatable bonds is 6. The predicted octanol–water partition coefficient (Wildman–Crippen LogP) is 3.42. The first-order valence-electron chi connectivity index (χ1n) is 9.39. The van der Waals surface area contributed by atoms with Gasteiger partial charge >= 0.3 is 0 Å². The Morgan fingerprint density at radius 1 is 1.26 bits per heavy atom. The molecule has 5 heteroatoms. The van der Waals surface area contributed by atoms with Crippen LogP contribution in [0.3, 0.4) is 0 Å². The molecule has 1 saturated carbocycles. The molecule has 0 aromatic carbocycles. The minimum atomic E-state index is 0.263. The van der Waals surface area contributed by atoms with Crippen LogP contribution in [0.2, 0.25) is 0 Å². The summed E-state index contributed by atoms with van der Waals surface area (Å²) < 4.78 is 5.80. The molecule has 4 nitrogen and oxygen atoms in total. The highest BCUT2D eigenvalue weighted by Crippen LogP contribution is 2.34. The van der Waals surface area contributed by atoms with E-state index in [4.69, 9.17) is 9.73 Å². The van der Waals surface area contributed by atoms with E-state index in [-0.39, 0.29) is 4.75 Å². The summed E-state index contributed by atoms with van der Waals surface area (Å²) in [6.45, 7) is 8.02. The van der Waals surface area contributed by atoms with Crippen LogP contribution >= 0.6 is 11.8 Å². The minimum absolute atomic E-state index is 0.263. The third-order valence-electron chi connectivity index (χ3n) is 5.41. The fraction of sp³-hybridized carbons (Fsp3) is 0.944. The van der Waals surface area contributed by atoms with Crippen LogP contribution in [0, 0.1) is 5.92 Å². The summed E-state index contributed by atoms with van der Waals surface area (Å²) in [6, 6.07) is 0.589. The maximum absolute atomic E-state index is 5.53. The molecule has 0 aromatic heterocycles. The average molecular weight is 342 g/mol. The summed E-state index contributed by atoms with van der Waals surface area (Å²) >= 11 is 1.96. The zero-order valence-electron chi connectivity index (χ0n) is 15.2. The highest BCUT2D eigenvalue weighted by Gasteiger charge is 2.31. The van der Waals surface area contributed by atoms with Gasteiger partial charge in [0.25, 0.3) is 0 Å². The van der Waals surface area contributed by atoms with Gasteiger partial charge in [0.15, 0.2) is 5.96 Å². The number of nitrogens with zero attached hydrogens (tertiary/aromatic N) is 1. The number of thioether (sulfide) groups is 1. The summed E-state index contributed by atoms with van der Waals surface area (Å²) in [4.78, 5) is 4.94. The molecule has 2 unspecified atom stereocenters. The lowest BCUT2D eigenvalue weighted by molar-refractivity contribution is 0.0794. The maximum Gasteiger partial charge on any atom is 0.191 e. The first kappa shape index (κ1) is 18.9. The van der Waals surface area contributed by atoms with Gasteiger partial charge in [0, 0.05) is 30.5 Å². The lowest BCUT2D eigenvalue weighted by Crippen LogP contribution is -2.46. The van der Waals surface area contributed by atoms with Crippen LogP contribution in [0.25, 0.3) is 0 Å². The Kier molecular flexibility index (Phi) is 8.04. The van der Waals surface area contributed by atoms with Gasteiger partial charge in [-0.2, -0.15) is 11.8 Å². The van der Waals surface area contributed by atoms with Gasteiger partial charge in [-0.15, -0.1) is 0 Å². The van der Waals surface area contributed by atoms with E-state index in [9.17, 15) is 0 Å². The third kappa shape index (κ3) is 5.86. The first-order chi connectivity index (χ1) is 11.2. The Morgan fingerprint density at radius 2 is 2.04 bits per heavy atom. The molecule has 1 aliphatic heterocycles. The number of nitrogens with one attached hydrogen (secondary N) is 2. The number of hydrogen-bond acceptors (Lipinski definition) is 3. The van der Waals surface area contributed by atoms with E-state index in [0.29, 0.717) is 6.04 Å². The Labute approximate surface area is 146 Å². The van der Waals surface area contributed by atoms with Gasteiger partial charge < -0.3 is 15.4 Å². The van der Waals surface area contributed by atoms with Gasteiger partial charge in [-0.1, -0.05) is 26.2 Å². The summed E-state index contributed by atoms with van der Waals surface area (Å²) in [5.41, 5.74) is 0. The summed E-state index contributed by atoms with van der Waals surface area (Å²) in [5.74, 6) is 1.89. The number of guanidine groups is 1. The highest BCUT2D eigenvalue weighted by atomic mass is 32.2. The van der Waals surface area contributed by atoms with E-state index in [2.05, 4.69) is 30.7 Å². The van der Waals surface area contributed by atoms with Gasteiger partial charge in [-0.25, -0.2) is 0 Å². The van der Waals surface area contributed by atoms with Gasteiger partial charge in [0.2, 0.25) is 0 Å². The second-order valence-corrected chi connectivity index (χ2v) is 8.25. The van der Waals surface area contributed by atoms with Crippen molar-refractivity contribution in [3.63, 3.8) is 0 Å². The molecule has 2 aliphatic rings. The lowest BCUT2D eigenvalue weighted by atomic mass is 9.84. The molecule has 1 saturated heterocycles. The monoisotopic (exact) mass is 341 g/mol. The molecule has 0 radical (unpaired) electrons. The van der Waals surface area contributed by atoms with E-state index in [0.717, 1.165) is 51.0 Å². The Hall–Kier alpha value is -0.420. The van der Waals surface area contributed by atoms with Crippen molar-refractivity contribution in [1.82, 2.24) is 10.6 Å². The molecule has 0 amide bonds. The molecule has 0 aromatic rings. The molecule has 0 bridgehead atoms. The topological polar surface area (TPSA) is 45.7 Å². The second kappa shape index (κ2) is 9.77. The number of hydrogen-bond donors (Lipinski definition) is 2. The molecule has 0 spiro atoms. The lowest BCUT2D eigenvalue weighted by Gasteiger charge is -2.35. The molecule has 23 heavy (non-hydrogen) atoms. The van der Waals surface area contributed by atoms with Crippen LogP contribution in [0.5, 0.6) is 0 Å². The van der Waals surface area contributed by atoms with E-state index in [1.54, 1.807) is 0 Å². The van der Waals surface area contributed by atoms with Crippen LogP contribution in [0.15, 0.2) is 4.99 Å². The normalized spacial score (nSPS) is 28.4. The SMILES string of the molecule is CCNC(=NCC1(SC)CCOCC1)NC1CCCC(CC)C1. The van der Waals surface area contributed by atoms with E-state index >= 15 is 0 Å². The van der Waals surface area contributed by atoms with Crippen molar-refractivity contribution in [3.8, 4) is 0 Å². The summed E-state index contributed by atoms with van der Waals surface area (Å²) in [7, 11) is 0. The first-order valence-corrected chi connectivity index (χ1v) is 10.6. The minimum Gasteiger partial charge on any atom is -0.381 e. The number of ether oxygens (including phenoxy) is 1. The Bertz CT molecular complexity index is 369. The zero-order valence-corrected chi connectivity index (χ0v) is 16.0. The van der Waals surface area contributed by atoms with Crippen molar-refractivity contribution in [3.05, 3.63) is 0 Å². The van der Waals surface area contributed by atoms with Crippen molar-refractivity contribution in [2.24, 2.45) is 10.9 Å². The third-order valence-corrected chi connectivity index (χ3v) is 6.81. The standard InChI is InChI=1S/C18H35N3OS/c1-4-15-7-6-8-16(13-15)21-17(19-5-2)20-14-18(23-3)9-11-22-12-10-18/h15-16H,4-14H2,1-3H3,(H2,19,20,21). The Morgan fingerprint density at radius 3 is 2.70 bits per heavy atom. The van der Waals surface area contributed by atoms with E-state index in [1.165, 1.54) is 32.1 Å². The van der Waals surface area contributed by atoms with Crippen molar-refractivity contribution < 1.29 is 4.74 Å². The predicted molar refractivity (Wildman–Crippen MR) is 101 cm³/mol. The molecule has 2 N–H and O–H groups in total. The second-order valence-electron chi connectivity index (χ2n) is 6.98. The molecule has 1 aliphatic carbocycles. The molecule has 2 atom stereocenters. The van der Waals surface area contributed by atoms with Crippen molar-refractivity contribution in [2.75, 3.05) is 32.6 Å². The van der Waals surface area contributed by atoms with Gasteiger partial charge in [-0.05, 0) is 44.8 Å². The molecular formula is C18H35N3OS. The van der Waals surface area contributed by atoms with Gasteiger partial charge in [0.1, 0.15) is 0 Å². The van der Waals surface area contributed by atoms with Crippen LogP contribution in [0.4, 0.5) is 0 Å².